The van der Waals surface area contributed by atoms with Gasteiger partial charge >= 0.3 is 0 Å². The number of hydrogen-bond donors (Lipinski definition) is 0. The fourth-order valence-corrected chi connectivity index (χ4v) is 4.55. The molecule has 6 heteroatoms. The van der Waals surface area contributed by atoms with Crippen LogP contribution in [0.25, 0.3) is 0 Å². The smallest absolute Gasteiger partial charge is 0.249 e. The molecule has 2 aliphatic heterocycles. The highest BCUT2D eigenvalue weighted by atomic mass is 32.2. The van der Waals surface area contributed by atoms with Gasteiger partial charge in [-0.25, -0.2) is 0 Å². The lowest BCUT2D eigenvalue weighted by atomic mass is 10.2. The van der Waals surface area contributed by atoms with Crippen molar-refractivity contribution >= 4 is 23.6 Å². The maximum absolute atomic E-state index is 12.7. The summed E-state index contributed by atoms with van der Waals surface area (Å²) in [6, 6.07) is -0.247. The third-order valence-corrected chi connectivity index (χ3v) is 5.87. The molecule has 3 fully saturated rings. The molecule has 0 aromatic carbocycles. The Morgan fingerprint density at radius 3 is 2.45 bits per heavy atom. The highest BCUT2D eigenvalue weighted by Gasteiger charge is 2.37. The van der Waals surface area contributed by atoms with Gasteiger partial charge in [0.25, 0.3) is 0 Å². The van der Waals surface area contributed by atoms with Crippen LogP contribution in [0.3, 0.4) is 0 Å². The van der Waals surface area contributed by atoms with Crippen LogP contribution in [0.15, 0.2) is 0 Å². The van der Waals surface area contributed by atoms with Gasteiger partial charge in [-0.1, -0.05) is 12.8 Å². The summed E-state index contributed by atoms with van der Waals surface area (Å²) in [5.41, 5.74) is 0. The zero-order chi connectivity index (χ0) is 15.4. The number of rotatable bonds is 4. The van der Waals surface area contributed by atoms with Gasteiger partial charge in [-0.2, -0.15) is 11.8 Å². The minimum Gasteiger partial charge on any atom is -0.368 e. The van der Waals surface area contributed by atoms with Crippen LogP contribution in [0.2, 0.25) is 0 Å². The van der Waals surface area contributed by atoms with Crippen molar-refractivity contribution in [3.8, 4) is 0 Å². The van der Waals surface area contributed by atoms with Crippen LogP contribution in [0.1, 0.15) is 38.5 Å². The quantitative estimate of drug-likeness (QED) is 0.786. The van der Waals surface area contributed by atoms with E-state index in [0.29, 0.717) is 6.54 Å². The summed E-state index contributed by atoms with van der Waals surface area (Å²) in [7, 11) is 0. The molecule has 1 saturated carbocycles. The van der Waals surface area contributed by atoms with E-state index in [1.807, 2.05) is 16.7 Å². The van der Waals surface area contributed by atoms with Gasteiger partial charge in [0.05, 0.1) is 6.10 Å². The first-order valence-corrected chi connectivity index (χ1v) is 9.69. The van der Waals surface area contributed by atoms with Gasteiger partial charge in [0.2, 0.25) is 11.8 Å². The first-order valence-electron chi connectivity index (χ1n) is 8.53. The fourth-order valence-electron chi connectivity index (χ4n) is 3.64. The van der Waals surface area contributed by atoms with Crippen LogP contribution in [0.4, 0.5) is 0 Å². The summed E-state index contributed by atoms with van der Waals surface area (Å²) >= 11 is 1.89. The Hall–Kier alpha value is -0.750. The predicted molar refractivity (Wildman–Crippen MR) is 86.8 cm³/mol. The summed E-state index contributed by atoms with van der Waals surface area (Å²) in [6.07, 6.45) is 6.53. The standard InChI is InChI=1S/C16H26N2O3S/c19-15(12-21-13-4-1-2-5-13)18-7-3-6-14(18)16(20)17-8-10-22-11-9-17/h13-14H,1-12H2/t14-/m1/s1. The molecule has 0 N–H and O–H groups in total. The van der Waals surface area contributed by atoms with Gasteiger partial charge in [0.15, 0.2) is 0 Å². The lowest BCUT2D eigenvalue weighted by Gasteiger charge is -2.32. The number of amides is 2. The van der Waals surface area contributed by atoms with Gasteiger partial charge < -0.3 is 14.5 Å². The van der Waals surface area contributed by atoms with Gasteiger partial charge in [-0.05, 0) is 25.7 Å². The van der Waals surface area contributed by atoms with E-state index >= 15 is 0 Å². The molecule has 2 amide bonds. The average molecular weight is 326 g/mol. The van der Waals surface area contributed by atoms with E-state index in [-0.39, 0.29) is 30.6 Å². The van der Waals surface area contributed by atoms with E-state index in [1.54, 1.807) is 4.90 Å². The average Bonchev–Trinajstić information content (AvgIpc) is 3.24. The molecule has 22 heavy (non-hydrogen) atoms. The van der Waals surface area contributed by atoms with E-state index in [1.165, 1.54) is 12.8 Å². The molecule has 2 saturated heterocycles. The summed E-state index contributed by atoms with van der Waals surface area (Å²) in [5.74, 6) is 2.16. The Balaban J connectivity index is 1.52. The van der Waals surface area contributed by atoms with Crippen molar-refractivity contribution in [2.24, 2.45) is 0 Å². The number of carbonyl (C=O) groups excluding carboxylic acids is 2. The molecule has 1 atom stereocenters. The maximum atomic E-state index is 12.7. The van der Waals surface area contributed by atoms with Crippen molar-refractivity contribution in [1.29, 1.82) is 0 Å². The molecule has 5 nitrogen and oxygen atoms in total. The van der Waals surface area contributed by atoms with Crippen molar-refractivity contribution < 1.29 is 14.3 Å². The van der Waals surface area contributed by atoms with E-state index < -0.39 is 0 Å². The number of thioether (sulfide) groups is 1. The third kappa shape index (κ3) is 3.77. The Bertz CT molecular complexity index is 406. The van der Waals surface area contributed by atoms with E-state index in [2.05, 4.69) is 0 Å². The first-order chi connectivity index (χ1) is 10.8. The molecule has 0 radical (unpaired) electrons. The molecule has 0 bridgehead atoms. The van der Waals surface area contributed by atoms with Gasteiger partial charge in [-0.3, -0.25) is 9.59 Å². The molecule has 1 aliphatic carbocycles. The molecular weight excluding hydrogens is 300 g/mol. The highest BCUT2D eigenvalue weighted by Crippen LogP contribution is 2.23. The van der Waals surface area contributed by atoms with Gasteiger partial charge in [-0.15, -0.1) is 0 Å². The zero-order valence-electron chi connectivity index (χ0n) is 13.2. The van der Waals surface area contributed by atoms with E-state index in [4.69, 9.17) is 4.74 Å². The minimum absolute atomic E-state index is 0.00543. The highest BCUT2D eigenvalue weighted by molar-refractivity contribution is 7.99. The molecule has 0 aromatic rings. The molecule has 3 aliphatic rings. The van der Waals surface area contributed by atoms with Crippen molar-refractivity contribution in [2.45, 2.75) is 50.7 Å². The van der Waals surface area contributed by atoms with Crippen LogP contribution >= 0.6 is 11.8 Å². The SMILES string of the molecule is O=C([C@H]1CCCN1C(=O)COC1CCCC1)N1CCSCC1. The normalized spacial score (nSPS) is 26.6. The fraction of sp³-hybridized carbons (Fsp3) is 0.875. The molecule has 0 unspecified atom stereocenters. The summed E-state index contributed by atoms with van der Waals surface area (Å²) in [5, 5.41) is 0. The second-order valence-corrected chi connectivity index (χ2v) is 7.63. The Labute approximate surface area is 136 Å². The molecule has 0 spiro atoms. The van der Waals surface area contributed by atoms with Crippen LogP contribution in [0, 0.1) is 0 Å². The first kappa shape index (κ1) is 16.1. The lowest BCUT2D eigenvalue weighted by molar-refractivity contribution is -0.147. The Morgan fingerprint density at radius 2 is 1.73 bits per heavy atom. The van der Waals surface area contributed by atoms with Crippen LogP contribution in [-0.4, -0.2) is 71.5 Å². The predicted octanol–water partition coefficient (Wildman–Crippen LogP) is 1.51. The van der Waals surface area contributed by atoms with Crippen LogP contribution in [0.5, 0.6) is 0 Å². The van der Waals surface area contributed by atoms with Crippen molar-refractivity contribution in [1.82, 2.24) is 9.80 Å². The largest absolute Gasteiger partial charge is 0.368 e. The number of hydrogen-bond acceptors (Lipinski definition) is 4. The van der Waals surface area contributed by atoms with Crippen LogP contribution in [-0.2, 0) is 14.3 Å². The van der Waals surface area contributed by atoms with Crippen LogP contribution < -0.4 is 0 Å². The van der Waals surface area contributed by atoms with Gasteiger partial charge in [0.1, 0.15) is 12.6 Å². The second-order valence-electron chi connectivity index (χ2n) is 6.40. The third-order valence-electron chi connectivity index (χ3n) is 4.93. The number of carbonyl (C=O) groups is 2. The number of nitrogens with zero attached hydrogens (tertiary/aromatic N) is 2. The van der Waals surface area contributed by atoms with Crippen molar-refractivity contribution in [3.05, 3.63) is 0 Å². The molecule has 124 valence electrons. The molecule has 2 heterocycles. The van der Waals surface area contributed by atoms with Crippen molar-refractivity contribution in [2.75, 3.05) is 37.7 Å². The number of likely N-dealkylation sites (tertiary alicyclic amines) is 1. The zero-order valence-corrected chi connectivity index (χ0v) is 14.0. The minimum atomic E-state index is -0.247. The molecule has 3 rings (SSSR count). The molecular formula is C16H26N2O3S. The summed E-state index contributed by atoms with van der Waals surface area (Å²) < 4.78 is 5.73. The van der Waals surface area contributed by atoms with E-state index in [9.17, 15) is 9.59 Å². The summed E-state index contributed by atoms with van der Waals surface area (Å²) in [6.45, 7) is 2.48. The lowest BCUT2D eigenvalue weighted by Crippen LogP contribution is -2.50. The summed E-state index contributed by atoms with van der Waals surface area (Å²) in [4.78, 5) is 28.8. The topological polar surface area (TPSA) is 49.9 Å². The number of ether oxygens (including phenoxy) is 1. The monoisotopic (exact) mass is 326 g/mol. The van der Waals surface area contributed by atoms with Gasteiger partial charge in [0, 0.05) is 31.1 Å². The van der Waals surface area contributed by atoms with Crippen molar-refractivity contribution in [3.63, 3.8) is 0 Å². The Kier molecular flexibility index (Phi) is 5.63. The van der Waals surface area contributed by atoms with E-state index in [0.717, 1.165) is 50.3 Å². The maximum Gasteiger partial charge on any atom is 0.249 e. The second kappa shape index (κ2) is 7.68. The molecule has 0 aromatic heterocycles. The Morgan fingerprint density at radius 1 is 1.00 bits per heavy atom.